The summed E-state index contributed by atoms with van der Waals surface area (Å²) in [5.41, 5.74) is 30.7. The molecule has 0 N–H and O–H groups in total. The summed E-state index contributed by atoms with van der Waals surface area (Å²) in [6.07, 6.45) is 4.55. The molecule has 614 valence electrons. The first-order chi connectivity index (χ1) is 63.5. The van der Waals surface area contributed by atoms with E-state index in [1.807, 2.05) is 11.3 Å². The Morgan fingerprint density at radius 2 is 0.380 bits per heavy atom. The van der Waals surface area contributed by atoms with E-state index in [0.717, 1.165) is 157 Å². The lowest BCUT2D eigenvalue weighted by molar-refractivity contribution is 1.21. The van der Waals surface area contributed by atoms with Gasteiger partial charge >= 0.3 is 0 Å². The monoisotopic (exact) mass is 1670 g/mol. The number of thiophene rings is 1. The molecule has 0 bridgehead atoms. The number of nitrogens with zero attached hydrogens (tertiary/aromatic N) is 9. The number of imidazole rings is 2. The zero-order valence-electron chi connectivity index (χ0n) is 69.9. The summed E-state index contributed by atoms with van der Waals surface area (Å²) in [5, 5.41) is 4.40. The maximum Gasteiger partial charge on any atom is 0.138 e. The Balaban J connectivity index is 0.000000156. The predicted octanol–water partition coefficient (Wildman–Crippen LogP) is 33.7. The van der Waals surface area contributed by atoms with E-state index in [1.165, 1.54) is 37.6 Å². The molecule has 0 unspecified atom stereocenters. The second-order valence-corrected chi connectivity index (χ2v) is 32.7. The molecule has 0 saturated carbocycles. The van der Waals surface area contributed by atoms with Crippen LogP contribution in [0.3, 0.4) is 0 Å². The first kappa shape index (κ1) is 79.3. The number of fused-ring (bicyclic) bond motifs is 8. The van der Waals surface area contributed by atoms with Crippen LogP contribution >= 0.6 is 11.3 Å². The van der Waals surface area contributed by atoms with Gasteiger partial charge in [-0.1, -0.05) is 329 Å². The van der Waals surface area contributed by atoms with Crippen LogP contribution in [0.4, 0.5) is 85.3 Å². The standard InChI is InChI=1S/C61H42N4S.C57H41N5.CH4/c1-6-18-43(19-7-1)45-30-35-51(36-31-45)64(49-24-12-4-13-25-49)59-53-28-16-17-29-54(53)60(65(50-26-14-5-15-27-50)52-37-32-46(33-38-52)44-20-8-2-9-21-44)61-58(59)62-57-41-34-48(42-63(57)61)56-40-39-55(66-56)47-22-10-3-11-23-47;1-7-21-44(22-8-1)60(45-23-9-2-10-24-45)50-38-35-42(36-39-50)43-37-40-53-58-54-55(61(46-25-11-3-12-26-46)47-27-13-4-14-28-47)51-33-19-20-34-52(51)56(57(54)59(53)41-43)62(48-29-15-5-16-30-48)49-31-17-6-18-32-49;/h1-42H;1-41H;1H4. The molecule has 5 aromatic heterocycles. The fourth-order valence-electron chi connectivity index (χ4n) is 18.0. The van der Waals surface area contributed by atoms with Crippen molar-refractivity contribution in [3.63, 3.8) is 0 Å². The first-order valence-electron chi connectivity index (χ1n) is 43.3. The second kappa shape index (κ2) is 35.4. The van der Waals surface area contributed by atoms with Crippen LogP contribution < -0.4 is 24.5 Å². The summed E-state index contributed by atoms with van der Waals surface area (Å²) < 4.78 is 4.63. The summed E-state index contributed by atoms with van der Waals surface area (Å²) in [6, 6.07) is 175. The van der Waals surface area contributed by atoms with Crippen LogP contribution in [-0.4, -0.2) is 18.8 Å². The highest BCUT2D eigenvalue weighted by atomic mass is 32.1. The van der Waals surface area contributed by atoms with Gasteiger partial charge in [-0.3, -0.25) is 8.80 Å². The van der Waals surface area contributed by atoms with Crippen molar-refractivity contribution in [2.45, 2.75) is 7.43 Å². The molecule has 0 spiro atoms. The largest absolute Gasteiger partial charge is 0.311 e. The van der Waals surface area contributed by atoms with E-state index in [1.54, 1.807) is 0 Å². The molecule has 23 rings (SSSR count). The van der Waals surface area contributed by atoms with Gasteiger partial charge in [0.15, 0.2) is 0 Å². The smallest absolute Gasteiger partial charge is 0.138 e. The third-order valence-electron chi connectivity index (χ3n) is 23.9. The molecule has 0 aliphatic carbocycles. The highest BCUT2D eigenvalue weighted by molar-refractivity contribution is 7.18. The van der Waals surface area contributed by atoms with E-state index < -0.39 is 0 Å². The van der Waals surface area contributed by atoms with Gasteiger partial charge in [-0.2, -0.15) is 0 Å². The van der Waals surface area contributed by atoms with Gasteiger partial charge < -0.3 is 24.5 Å². The summed E-state index contributed by atoms with van der Waals surface area (Å²) in [7, 11) is 0. The van der Waals surface area contributed by atoms with Gasteiger partial charge in [0.2, 0.25) is 0 Å². The Kier molecular flexibility index (Phi) is 21.7. The van der Waals surface area contributed by atoms with Crippen molar-refractivity contribution in [1.82, 2.24) is 18.8 Å². The minimum Gasteiger partial charge on any atom is -0.311 e. The molecular weight excluding hydrogens is 1590 g/mol. The molecule has 0 amide bonds. The average Bonchev–Trinajstić information content (AvgIpc) is 1.60. The lowest BCUT2D eigenvalue weighted by Gasteiger charge is -2.31. The predicted molar refractivity (Wildman–Crippen MR) is 546 cm³/mol. The number of pyridine rings is 2. The van der Waals surface area contributed by atoms with Crippen LogP contribution in [0.1, 0.15) is 7.43 Å². The third kappa shape index (κ3) is 15.3. The quantitative estimate of drug-likeness (QED) is 0.0705. The zero-order chi connectivity index (χ0) is 85.1. The third-order valence-corrected chi connectivity index (χ3v) is 25.1. The molecule has 0 atom stereocenters. The molecule has 23 aromatic rings. The van der Waals surface area contributed by atoms with Gasteiger partial charge in [-0.05, 0) is 209 Å². The maximum absolute atomic E-state index is 5.67. The Morgan fingerprint density at radius 3 is 0.698 bits per heavy atom. The molecule has 18 aromatic carbocycles. The number of hydrogen-bond donors (Lipinski definition) is 0. The molecule has 0 radical (unpaired) electrons. The molecule has 5 heterocycles. The summed E-state index contributed by atoms with van der Waals surface area (Å²) >= 11 is 1.81. The summed E-state index contributed by atoms with van der Waals surface area (Å²) in [6.45, 7) is 0. The minimum atomic E-state index is 0. The summed E-state index contributed by atoms with van der Waals surface area (Å²) in [5.74, 6) is 0. The van der Waals surface area contributed by atoms with E-state index >= 15 is 0 Å². The normalized spacial score (nSPS) is 11.2. The van der Waals surface area contributed by atoms with E-state index in [2.05, 4.69) is 537 Å². The van der Waals surface area contributed by atoms with Gasteiger partial charge in [0.1, 0.15) is 22.3 Å². The van der Waals surface area contributed by atoms with Crippen molar-refractivity contribution >= 4 is 152 Å². The molecule has 10 heteroatoms. The average molecular weight is 1680 g/mol. The molecular formula is C119H87N9S. The van der Waals surface area contributed by atoms with Crippen molar-refractivity contribution in [1.29, 1.82) is 0 Å². The molecule has 0 fully saturated rings. The fourth-order valence-corrected chi connectivity index (χ4v) is 19.0. The van der Waals surface area contributed by atoms with Crippen molar-refractivity contribution < 1.29 is 0 Å². The Morgan fingerprint density at radius 1 is 0.171 bits per heavy atom. The van der Waals surface area contributed by atoms with Crippen LogP contribution in [0.2, 0.25) is 0 Å². The lowest BCUT2D eigenvalue weighted by Crippen LogP contribution is -2.15. The van der Waals surface area contributed by atoms with E-state index in [0.29, 0.717) is 0 Å². The first-order valence-corrected chi connectivity index (χ1v) is 44.1. The number of benzene rings is 18. The van der Waals surface area contributed by atoms with Crippen LogP contribution in [0.15, 0.2) is 504 Å². The van der Waals surface area contributed by atoms with E-state index in [-0.39, 0.29) is 7.43 Å². The Labute approximate surface area is 755 Å². The lowest BCUT2D eigenvalue weighted by atomic mass is 9.99. The van der Waals surface area contributed by atoms with Crippen molar-refractivity contribution in [2.75, 3.05) is 24.5 Å². The number of hydrogen-bond acceptors (Lipinski definition) is 8. The number of aromatic nitrogens is 4. The number of rotatable bonds is 20. The van der Waals surface area contributed by atoms with Crippen LogP contribution in [-0.2, 0) is 0 Å². The van der Waals surface area contributed by atoms with E-state index in [4.69, 9.17) is 9.97 Å². The molecule has 0 aliphatic heterocycles. The van der Waals surface area contributed by atoms with Gasteiger partial charge in [0.05, 0.1) is 33.8 Å². The van der Waals surface area contributed by atoms with Crippen LogP contribution in [0.5, 0.6) is 0 Å². The maximum atomic E-state index is 5.67. The zero-order valence-corrected chi connectivity index (χ0v) is 70.7. The topological polar surface area (TPSA) is 50.8 Å². The van der Waals surface area contributed by atoms with Crippen LogP contribution in [0, 0.1) is 0 Å². The second-order valence-electron chi connectivity index (χ2n) is 31.7. The Hall–Kier alpha value is -16.9. The van der Waals surface area contributed by atoms with Crippen LogP contribution in [0.25, 0.3) is 109 Å². The summed E-state index contributed by atoms with van der Waals surface area (Å²) in [4.78, 5) is 25.6. The van der Waals surface area contributed by atoms with Crippen molar-refractivity contribution in [3.8, 4) is 54.3 Å². The highest BCUT2D eigenvalue weighted by Gasteiger charge is 2.32. The van der Waals surface area contributed by atoms with Crippen molar-refractivity contribution in [2.24, 2.45) is 0 Å². The molecule has 129 heavy (non-hydrogen) atoms. The number of anilines is 15. The van der Waals surface area contributed by atoms with Crippen molar-refractivity contribution in [3.05, 3.63) is 504 Å². The van der Waals surface area contributed by atoms with Gasteiger partial charge in [0.25, 0.3) is 0 Å². The molecule has 0 aliphatic rings. The fraction of sp³-hybridized carbons (Fsp3) is 0.00840. The minimum absolute atomic E-state index is 0. The number of para-hydroxylation sites is 8. The van der Waals surface area contributed by atoms with Gasteiger partial charge in [-0.25, -0.2) is 9.97 Å². The van der Waals surface area contributed by atoms with Gasteiger partial charge in [0, 0.05) is 112 Å². The highest BCUT2D eigenvalue weighted by Crippen LogP contribution is 2.55. The molecule has 0 saturated heterocycles. The van der Waals surface area contributed by atoms with Gasteiger partial charge in [-0.15, -0.1) is 11.3 Å². The molecule has 9 nitrogen and oxygen atoms in total. The Bertz CT molecular complexity index is 7690. The SMILES string of the molecule is C.c1ccc(-c2ccc(N(c3ccccc3)c3c4ccccc4c(N(c4ccccc4)c4ccc(-c5ccccc5)cc4)c4c3nc3ccc(-c5ccc(-c6ccccc6)s5)cn34)cc2)cc1.c1ccc(N(c2ccccc2)c2ccc(-c3ccc4nc5c(N(c6ccccc6)c6ccccc6)c6ccccc6c(N(c6ccccc6)c6ccccc6)c5n4c3)cc2)cc1. The van der Waals surface area contributed by atoms with E-state index in [9.17, 15) is 0 Å².